The van der Waals surface area contributed by atoms with Gasteiger partial charge in [-0.25, -0.2) is 9.37 Å². The molecule has 19 heavy (non-hydrogen) atoms. The molecule has 1 heterocycles. The van der Waals surface area contributed by atoms with Gasteiger partial charge in [-0.3, -0.25) is 0 Å². The highest BCUT2D eigenvalue weighted by atomic mass is 19.1. The first-order chi connectivity index (χ1) is 9.20. The van der Waals surface area contributed by atoms with Crippen LogP contribution < -0.4 is 10.1 Å². The van der Waals surface area contributed by atoms with Crippen molar-refractivity contribution in [2.24, 2.45) is 0 Å². The van der Waals surface area contributed by atoms with E-state index in [-0.39, 0.29) is 5.82 Å². The van der Waals surface area contributed by atoms with E-state index in [4.69, 9.17) is 4.74 Å². The number of halogens is 1. The smallest absolute Gasteiger partial charge is 0.237 e. The monoisotopic (exact) mass is 260 g/mol. The van der Waals surface area contributed by atoms with E-state index in [1.807, 2.05) is 32.0 Å². The van der Waals surface area contributed by atoms with Crippen molar-refractivity contribution in [2.45, 2.75) is 20.4 Å². The molecular formula is C15H17FN2O. The second-order valence-electron chi connectivity index (χ2n) is 4.24. The van der Waals surface area contributed by atoms with E-state index in [2.05, 4.69) is 10.3 Å². The highest BCUT2D eigenvalue weighted by molar-refractivity contribution is 5.52. The lowest BCUT2D eigenvalue weighted by atomic mass is 10.1. The van der Waals surface area contributed by atoms with Crippen LogP contribution in [0.3, 0.4) is 0 Å². The maximum Gasteiger partial charge on any atom is 0.237 e. The molecule has 1 aromatic carbocycles. The Bertz CT molecular complexity index is 558. The Morgan fingerprint density at radius 3 is 2.95 bits per heavy atom. The molecule has 0 saturated heterocycles. The largest absolute Gasteiger partial charge is 0.476 e. The van der Waals surface area contributed by atoms with E-state index in [1.54, 1.807) is 12.3 Å². The lowest BCUT2D eigenvalue weighted by Gasteiger charge is -2.11. The van der Waals surface area contributed by atoms with E-state index in [9.17, 15) is 4.39 Å². The molecule has 2 rings (SSSR count). The zero-order valence-corrected chi connectivity index (χ0v) is 11.1. The zero-order valence-electron chi connectivity index (χ0n) is 11.1. The van der Waals surface area contributed by atoms with Gasteiger partial charge in [0.2, 0.25) is 5.88 Å². The van der Waals surface area contributed by atoms with Gasteiger partial charge in [-0.1, -0.05) is 17.7 Å². The molecule has 1 aromatic heterocycles. The highest BCUT2D eigenvalue weighted by Gasteiger charge is 2.06. The molecule has 0 aliphatic heterocycles. The first-order valence-corrected chi connectivity index (χ1v) is 6.27. The van der Waals surface area contributed by atoms with Gasteiger partial charge in [-0.15, -0.1) is 0 Å². The van der Waals surface area contributed by atoms with Crippen LogP contribution in [0, 0.1) is 12.7 Å². The first-order valence-electron chi connectivity index (χ1n) is 6.27. The van der Waals surface area contributed by atoms with E-state index in [0.717, 1.165) is 11.3 Å². The summed E-state index contributed by atoms with van der Waals surface area (Å²) in [7, 11) is 0. The standard InChI is InChI=1S/C15H17FN2O/c1-3-19-15-14(5-4-8-17-15)18-10-12-9-11(2)6-7-13(12)16/h4-9,18H,3,10H2,1-2H3. The second kappa shape index (κ2) is 6.18. The summed E-state index contributed by atoms with van der Waals surface area (Å²) < 4.78 is 19.0. The summed E-state index contributed by atoms with van der Waals surface area (Å²) in [5, 5.41) is 3.15. The molecule has 0 atom stereocenters. The number of nitrogens with zero attached hydrogens (tertiary/aromatic N) is 1. The zero-order chi connectivity index (χ0) is 13.7. The maximum atomic E-state index is 13.6. The summed E-state index contributed by atoms with van der Waals surface area (Å²) in [6, 6.07) is 8.76. The average molecular weight is 260 g/mol. The van der Waals surface area contributed by atoms with Gasteiger partial charge in [-0.05, 0) is 32.0 Å². The Morgan fingerprint density at radius 2 is 2.16 bits per heavy atom. The number of nitrogens with one attached hydrogen (secondary N) is 1. The Labute approximate surface area is 112 Å². The van der Waals surface area contributed by atoms with Gasteiger partial charge in [0.15, 0.2) is 0 Å². The molecule has 0 radical (unpaired) electrons. The Balaban J connectivity index is 2.12. The SMILES string of the molecule is CCOc1ncccc1NCc1cc(C)ccc1F. The topological polar surface area (TPSA) is 34.1 Å². The van der Waals surface area contributed by atoms with Crippen molar-refractivity contribution in [1.82, 2.24) is 4.98 Å². The molecule has 0 fully saturated rings. The third kappa shape index (κ3) is 3.44. The minimum atomic E-state index is -0.208. The summed E-state index contributed by atoms with van der Waals surface area (Å²) >= 11 is 0. The molecule has 3 nitrogen and oxygen atoms in total. The molecule has 2 aromatic rings. The predicted molar refractivity (Wildman–Crippen MR) is 73.9 cm³/mol. The molecule has 0 aliphatic rings. The lowest BCUT2D eigenvalue weighted by Crippen LogP contribution is -2.05. The summed E-state index contributed by atoms with van der Waals surface area (Å²) in [4.78, 5) is 4.14. The third-order valence-electron chi connectivity index (χ3n) is 2.72. The number of hydrogen-bond acceptors (Lipinski definition) is 3. The number of aryl methyl sites for hydroxylation is 1. The minimum absolute atomic E-state index is 0.208. The fourth-order valence-electron chi connectivity index (χ4n) is 1.81. The molecule has 0 aliphatic carbocycles. The third-order valence-corrected chi connectivity index (χ3v) is 2.72. The van der Waals surface area contributed by atoms with Gasteiger partial charge in [-0.2, -0.15) is 0 Å². The molecular weight excluding hydrogens is 243 g/mol. The van der Waals surface area contributed by atoms with Crippen molar-refractivity contribution in [3.05, 3.63) is 53.5 Å². The van der Waals surface area contributed by atoms with Gasteiger partial charge >= 0.3 is 0 Å². The molecule has 0 spiro atoms. The van der Waals surface area contributed by atoms with Crippen LogP contribution in [0.5, 0.6) is 5.88 Å². The molecule has 4 heteroatoms. The van der Waals surface area contributed by atoms with Gasteiger partial charge < -0.3 is 10.1 Å². The van der Waals surface area contributed by atoms with Gasteiger partial charge in [0.05, 0.1) is 12.3 Å². The number of hydrogen-bond donors (Lipinski definition) is 1. The normalized spacial score (nSPS) is 10.3. The van der Waals surface area contributed by atoms with Crippen LogP contribution >= 0.6 is 0 Å². The molecule has 0 unspecified atom stereocenters. The Morgan fingerprint density at radius 1 is 1.32 bits per heavy atom. The second-order valence-corrected chi connectivity index (χ2v) is 4.24. The summed E-state index contributed by atoms with van der Waals surface area (Å²) in [5.74, 6) is 0.331. The van der Waals surface area contributed by atoms with Crippen LogP contribution in [0.25, 0.3) is 0 Å². The number of aromatic nitrogens is 1. The Hall–Kier alpha value is -2.10. The van der Waals surface area contributed by atoms with Crippen molar-refractivity contribution < 1.29 is 9.13 Å². The minimum Gasteiger partial charge on any atom is -0.476 e. The van der Waals surface area contributed by atoms with Crippen molar-refractivity contribution in [1.29, 1.82) is 0 Å². The lowest BCUT2D eigenvalue weighted by molar-refractivity contribution is 0.328. The fraction of sp³-hybridized carbons (Fsp3) is 0.267. The maximum absolute atomic E-state index is 13.6. The van der Waals surface area contributed by atoms with Gasteiger partial charge in [0.1, 0.15) is 5.82 Å². The van der Waals surface area contributed by atoms with Crippen molar-refractivity contribution in [3.63, 3.8) is 0 Å². The number of ether oxygens (including phenoxy) is 1. The number of anilines is 1. The quantitative estimate of drug-likeness (QED) is 0.892. The van der Waals surface area contributed by atoms with Crippen molar-refractivity contribution in [2.75, 3.05) is 11.9 Å². The molecule has 1 N–H and O–H groups in total. The number of benzene rings is 1. The van der Waals surface area contributed by atoms with Crippen molar-refractivity contribution >= 4 is 5.69 Å². The summed E-state index contributed by atoms with van der Waals surface area (Å²) in [5.41, 5.74) is 2.44. The highest BCUT2D eigenvalue weighted by Crippen LogP contribution is 2.21. The summed E-state index contributed by atoms with van der Waals surface area (Å²) in [6.07, 6.45) is 1.67. The van der Waals surface area contributed by atoms with Crippen LogP contribution in [-0.2, 0) is 6.54 Å². The Kier molecular flexibility index (Phi) is 4.34. The predicted octanol–water partition coefficient (Wildman–Crippen LogP) is 3.54. The first kappa shape index (κ1) is 13.3. The molecule has 0 bridgehead atoms. The van der Waals surface area contributed by atoms with Crippen LogP contribution in [-0.4, -0.2) is 11.6 Å². The van der Waals surface area contributed by atoms with E-state index >= 15 is 0 Å². The van der Waals surface area contributed by atoms with Crippen LogP contribution in [0.15, 0.2) is 36.5 Å². The molecule has 100 valence electrons. The average Bonchev–Trinajstić information content (AvgIpc) is 2.42. The molecule has 0 amide bonds. The van der Waals surface area contributed by atoms with Gasteiger partial charge in [0.25, 0.3) is 0 Å². The number of pyridine rings is 1. The number of rotatable bonds is 5. The van der Waals surface area contributed by atoms with Crippen molar-refractivity contribution in [3.8, 4) is 5.88 Å². The van der Waals surface area contributed by atoms with E-state index in [0.29, 0.717) is 24.6 Å². The van der Waals surface area contributed by atoms with Crippen LogP contribution in [0.2, 0.25) is 0 Å². The van der Waals surface area contributed by atoms with Crippen LogP contribution in [0.1, 0.15) is 18.1 Å². The van der Waals surface area contributed by atoms with Crippen LogP contribution in [0.4, 0.5) is 10.1 Å². The van der Waals surface area contributed by atoms with Gasteiger partial charge in [0, 0.05) is 18.3 Å². The molecule has 0 saturated carbocycles. The van der Waals surface area contributed by atoms with E-state index in [1.165, 1.54) is 6.07 Å². The van der Waals surface area contributed by atoms with E-state index < -0.39 is 0 Å². The fourth-order valence-corrected chi connectivity index (χ4v) is 1.81. The summed E-state index contributed by atoms with van der Waals surface area (Å²) in [6.45, 7) is 4.79.